The molecule has 0 radical (unpaired) electrons. The quantitative estimate of drug-likeness (QED) is 0.788. The number of carbonyl (C=O) groups excluding carboxylic acids is 2. The number of aromatic nitrogens is 2. The molecule has 0 unspecified atom stereocenters. The van der Waals surface area contributed by atoms with E-state index in [9.17, 15) is 9.59 Å². The summed E-state index contributed by atoms with van der Waals surface area (Å²) < 4.78 is 6.96. The number of hydrogen-bond donors (Lipinski definition) is 0. The monoisotopic (exact) mass is 308 g/mol. The molecule has 0 N–H and O–H groups in total. The fourth-order valence-corrected chi connectivity index (χ4v) is 2.38. The molecule has 1 aliphatic heterocycles. The normalized spacial score (nSPS) is 16.4. The lowest BCUT2D eigenvalue weighted by Gasteiger charge is -2.26. The minimum Gasteiger partial charge on any atom is -0.444 e. The highest BCUT2D eigenvalue weighted by atomic mass is 16.6. The van der Waals surface area contributed by atoms with Gasteiger partial charge in [0.1, 0.15) is 11.3 Å². The number of aryl methyl sites for hydroxylation is 1. The number of ether oxygens (including phenoxy) is 1. The van der Waals surface area contributed by atoms with Gasteiger partial charge in [-0.15, -0.1) is 0 Å². The summed E-state index contributed by atoms with van der Waals surface area (Å²) in [4.78, 5) is 28.0. The molecule has 22 heavy (non-hydrogen) atoms. The zero-order valence-corrected chi connectivity index (χ0v) is 13.7. The van der Waals surface area contributed by atoms with E-state index in [1.54, 1.807) is 33.8 Å². The Balaban J connectivity index is 1.97. The lowest BCUT2D eigenvalue weighted by atomic mass is 10.2. The molecule has 0 aromatic carbocycles. The van der Waals surface area contributed by atoms with Gasteiger partial charge < -0.3 is 14.5 Å². The Morgan fingerprint density at radius 1 is 1.14 bits per heavy atom. The molecule has 2 rings (SSSR count). The van der Waals surface area contributed by atoms with Gasteiger partial charge in [-0.25, -0.2) is 4.79 Å². The lowest BCUT2D eigenvalue weighted by molar-refractivity contribution is 0.0255. The van der Waals surface area contributed by atoms with Crippen molar-refractivity contribution < 1.29 is 14.3 Å². The van der Waals surface area contributed by atoms with Crippen molar-refractivity contribution in [2.45, 2.75) is 32.8 Å². The van der Waals surface area contributed by atoms with E-state index >= 15 is 0 Å². The molecule has 2 heterocycles. The SMILES string of the molecule is Cn1nccc1C(=O)N1CCCN(C(=O)OC(C)(C)C)CC1. The third kappa shape index (κ3) is 3.99. The van der Waals surface area contributed by atoms with E-state index in [2.05, 4.69) is 5.10 Å². The van der Waals surface area contributed by atoms with E-state index < -0.39 is 5.60 Å². The fraction of sp³-hybridized carbons (Fsp3) is 0.667. The first-order valence-corrected chi connectivity index (χ1v) is 7.53. The summed E-state index contributed by atoms with van der Waals surface area (Å²) in [5.74, 6) is -0.0500. The molecule has 2 amide bonds. The first-order chi connectivity index (χ1) is 10.3. The largest absolute Gasteiger partial charge is 0.444 e. The van der Waals surface area contributed by atoms with Crippen molar-refractivity contribution in [2.75, 3.05) is 26.2 Å². The van der Waals surface area contributed by atoms with Gasteiger partial charge in [0, 0.05) is 39.4 Å². The highest BCUT2D eigenvalue weighted by Crippen LogP contribution is 2.13. The summed E-state index contributed by atoms with van der Waals surface area (Å²) in [6.07, 6.45) is 2.03. The third-order valence-corrected chi connectivity index (χ3v) is 3.47. The van der Waals surface area contributed by atoms with Crippen LogP contribution in [0.5, 0.6) is 0 Å². The second kappa shape index (κ2) is 6.37. The molecule has 0 bridgehead atoms. The Kier molecular flexibility index (Phi) is 4.73. The molecule has 1 aromatic rings. The molecule has 122 valence electrons. The molecule has 0 spiro atoms. The lowest BCUT2D eigenvalue weighted by Crippen LogP contribution is -2.40. The van der Waals surface area contributed by atoms with E-state index in [4.69, 9.17) is 4.74 Å². The van der Waals surface area contributed by atoms with Crippen LogP contribution in [0.2, 0.25) is 0 Å². The Hall–Kier alpha value is -2.05. The van der Waals surface area contributed by atoms with Crippen LogP contribution in [0.1, 0.15) is 37.7 Å². The van der Waals surface area contributed by atoms with Gasteiger partial charge in [0.05, 0.1) is 0 Å². The van der Waals surface area contributed by atoms with Crippen molar-refractivity contribution in [1.82, 2.24) is 19.6 Å². The van der Waals surface area contributed by atoms with E-state index in [1.807, 2.05) is 20.8 Å². The smallest absolute Gasteiger partial charge is 0.410 e. The Bertz CT molecular complexity index is 547. The summed E-state index contributed by atoms with van der Waals surface area (Å²) in [6, 6.07) is 1.71. The van der Waals surface area contributed by atoms with Crippen molar-refractivity contribution in [1.29, 1.82) is 0 Å². The van der Waals surface area contributed by atoms with Crippen molar-refractivity contribution in [2.24, 2.45) is 7.05 Å². The molecule has 7 heteroatoms. The van der Waals surface area contributed by atoms with Crippen molar-refractivity contribution in [3.63, 3.8) is 0 Å². The Labute approximate surface area is 130 Å². The highest BCUT2D eigenvalue weighted by molar-refractivity contribution is 5.92. The molecule has 7 nitrogen and oxygen atoms in total. The topological polar surface area (TPSA) is 67.7 Å². The molecule has 1 aromatic heterocycles. The second-order valence-electron chi connectivity index (χ2n) is 6.45. The van der Waals surface area contributed by atoms with Crippen LogP contribution < -0.4 is 0 Å². The van der Waals surface area contributed by atoms with E-state index in [0.29, 0.717) is 31.9 Å². The van der Waals surface area contributed by atoms with E-state index in [0.717, 1.165) is 6.42 Å². The average Bonchev–Trinajstić information content (AvgIpc) is 2.70. The second-order valence-corrected chi connectivity index (χ2v) is 6.45. The molecule has 0 atom stereocenters. The number of hydrogen-bond acceptors (Lipinski definition) is 4. The predicted molar refractivity (Wildman–Crippen MR) is 81.5 cm³/mol. The average molecular weight is 308 g/mol. The number of amides is 2. The van der Waals surface area contributed by atoms with Crippen LogP contribution in [0.4, 0.5) is 4.79 Å². The summed E-state index contributed by atoms with van der Waals surface area (Å²) in [5.41, 5.74) is 0.0545. The molecule has 1 saturated heterocycles. The van der Waals surface area contributed by atoms with Crippen LogP contribution in [0.15, 0.2) is 12.3 Å². The van der Waals surface area contributed by atoms with Gasteiger partial charge in [-0.2, -0.15) is 5.10 Å². The van der Waals surface area contributed by atoms with Gasteiger partial charge in [0.2, 0.25) is 0 Å². The molecule has 1 aliphatic rings. The number of carbonyl (C=O) groups is 2. The van der Waals surface area contributed by atoms with Crippen LogP contribution in [-0.2, 0) is 11.8 Å². The Morgan fingerprint density at radius 2 is 1.77 bits per heavy atom. The summed E-state index contributed by atoms with van der Waals surface area (Å²) >= 11 is 0. The fourth-order valence-electron chi connectivity index (χ4n) is 2.38. The maximum atomic E-state index is 12.5. The molecular weight excluding hydrogens is 284 g/mol. The van der Waals surface area contributed by atoms with Crippen molar-refractivity contribution >= 4 is 12.0 Å². The van der Waals surface area contributed by atoms with E-state index in [-0.39, 0.29) is 12.0 Å². The first kappa shape index (κ1) is 16.3. The van der Waals surface area contributed by atoms with Crippen molar-refractivity contribution in [3.05, 3.63) is 18.0 Å². The Morgan fingerprint density at radius 3 is 2.36 bits per heavy atom. The summed E-state index contributed by atoms with van der Waals surface area (Å²) in [7, 11) is 1.75. The van der Waals surface area contributed by atoms with E-state index in [1.165, 1.54) is 0 Å². The minimum absolute atomic E-state index is 0.0500. The zero-order valence-electron chi connectivity index (χ0n) is 13.7. The molecule has 1 fully saturated rings. The van der Waals surface area contributed by atoms with Gasteiger partial charge in [-0.1, -0.05) is 0 Å². The molecular formula is C15H24N4O3. The number of nitrogens with zero attached hydrogens (tertiary/aromatic N) is 4. The highest BCUT2D eigenvalue weighted by Gasteiger charge is 2.27. The van der Waals surface area contributed by atoms with Crippen LogP contribution >= 0.6 is 0 Å². The van der Waals surface area contributed by atoms with Crippen molar-refractivity contribution in [3.8, 4) is 0 Å². The molecule has 0 saturated carbocycles. The summed E-state index contributed by atoms with van der Waals surface area (Å²) in [6.45, 7) is 7.76. The molecule has 0 aliphatic carbocycles. The van der Waals surface area contributed by atoms with Gasteiger partial charge >= 0.3 is 6.09 Å². The maximum absolute atomic E-state index is 12.5. The predicted octanol–water partition coefficient (Wildman–Crippen LogP) is 1.50. The van der Waals surface area contributed by atoms with Crippen LogP contribution in [0.3, 0.4) is 0 Å². The van der Waals surface area contributed by atoms with Crippen LogP contribution in [0, 0.1) is 0 Å². The maximum Gasteiger partial charge on any atom is 0.410 e. The standard InChI is InChI=1S/C15H24N4O3/c1-15(2,3)22-14(21)19-9-5-8-18(10-11-19)13(20)12-6-7-16-17(12)4/h6-7H,5,8-11H2,1-4H3. The third-order valence-electron chi connectivity index (χ3n) is 3.47. The van der Waals surface area contributed by atoms with Gasteiger partial charge in [-0.3, -0.25) is 9.48 Å². The first-order valence-electron chi connectivity index (χ1n) is 7.53. The zero-order chi connectivity index (χ0) is 16.3. The minimum atomic E-state index is -0.506. The van der Waals surface area contributed by atoms with Crippen LogP contribution in [-0.4, -0.2) is 63.4 Å². The summed E-state index contributed by atoms with van der Waals surface area (Å²) in [5, 5.41) is 4.02. The van der Waals surface area contributed by atoms with Gasteiger partial charge in [0.25, 0.3) is 5.91 Å². The van der Waals surface area contributed by atoms with Gasteiger partial charge in [-0.05, 0) is 33.3 Å². The number of rotatable bonds is 1. The van der Waals surface area contributed by atoms with Gasteiger partial charge in [0.15, 0.2) is 0 Å². The van der Waals surface area contributed by atoms with Crippen LogP contribution in [0.25, 0.3) is 0 Å².